The Morgan fingerprint density at radius 1 is 1.14 bits per heavy atom. The number of urea groups is 1. The van der Waals surface area contributed by atoms with Crippen LogP contribution in [0.2, 0.25) is 0 Å². The standard InChI is InChI=1S/C14H26N4O3/c19-13(20)11-12-1-6-18(7-2-12)14(21)16-5-10-17-8-3-15-4-9-17/h12,15H,1-11H2,(H,16,21)(H,19,20). The van der Waals surface area contributed by atoms with Crippen molar-refractivity contribution in [2.24, 2.45) is 5.92 Å². The minimum Gasteiger partial charge on any atom is -0.481 e. The van der Waals surface area contributed by atoms with Crippen molar-refractivity contribution in [3.63, 3.8) is 0 Å². The largest absolute Gasteiger partial charge is 0.481 e. The number of piperidine rings is 1. The summed E-state index contributed by atoms with van der Waals surface area (Å²) in [6.45, 7) is 7.01. The zero-order valence-corrected chi connectivity index (χ0v) is 12.5. The van der Waals surface area contributed by atoms with Gasteiger partial charge in [0.2, 0.25) is 0 Å². The van der Waals surface area contributed by atoms with Crippen LogP contribution in [0.1, 0.15) is 19.3 Å². The first-order valence-corrected chi connectivity index (χ1v) is 7.83. The predicted octanol–water partition coefficient (Wildman–Crippen LogP) is -0.212. The second-order valence-corrected chi connectivity index (χ2v) is 5.85. The van der Waals surface area contributed by atoms with E-state index in [1.165, 1.54) is 0 Å². The lowest BCUT2D eigenvalue weighted by molar-refractivity contribution is -0.138. The molecule has 0 saturated carbocycles. The molecular formula is C14H26N4O3. The van der Waals surface area contributed by atoms with Crippen molar-refractivity contribution in [3.05, 3.63) is 0 Å². The van der Waals surface area contributed by atoms with Crippen LogP contribution in [0.5, 0.6) is 0 Å². The van der Waals surface area contributed by atoms with Crippen molar-refractivity contribution in [1.29, 1.82) is 0 Å². The van der Waals surface area contributed by atoms with Crippen molar-refractivity contribution in [2.75, 3.05) is 52.4 Å². The van der Waals surface area contributed by atoms with Crippen LogP contribution in [0.4, 0.5) is 4.79 Å². The van der Waals surface area contributed by atoms with Crippen LogP contribution in [-0.2, 0) is 4.79 Å². The van der Waals surface area contributed by atoms with E-state index < -0.39 is 5.97 Å². The number of nitrogens with zero attached hydrogens (tertiary/aromatic N) is 2. The minimum atomic E-state index is -0.742. The summed E-state index contributed by atoms with van der Waals surface area (Å²) in [4.78, 5) is 26.9. The lowest BCUT2D eigenvalue weighted by Crippen LogP contribution is -2.49. The molecule has 0 aromatic heterocycles. The van der Waals surface area contributed by atoms with Gasteiger partial charge in [-0.05, 0) is 18.8 Å². The normalized spacial score (nSPS) is 21.2. The Balaban J connectivity index is 1.59. The number of carboxylic acid groups (broad SMARTS) is 1. The van der Waals surface area contributed by atoms with Gasteiger partial charge in [0.05, 0.1) is 0 Å². The van der Waals surface area contributed by atoms with Gasteiger partial charge < -0.3 is 20.6 Å². The number of carboxylic acids is 1. The highest BCUT2D eigenvalue weighted by atomic mass is 16.4. The number of amides is 2. The van der Waals surface area contributed by atoms with Crippen molar-refractivity contribution < 1.29 is 14.7 Å². The Labute approximate surface area is 125 Å². The third-order valence-electron chi connectivity index (χ3n) is 4.28. The Morgan fingerprint density at radius 2 is 1.81 bits per heavy atom. The average Bonchev–Trinajstić information content (AvgIpc) is 2.48. The summed E-state index contributed by atoms with van der Waals surface area (Å²) >= 11 is 0. The number of nitrogens with one attached hydrogen (secondary N) is 2. The van der Waals surface area contributed by atoms with E-state index in [2.05, 4.69) is 15.5 Å². The third kappa shape index (κ3) is 5.51. The molecule has 7 nitrogen and oxygen atoms in total. The summed E-state index contributed by atoms with van der Waals surface area (Å²) in [7, 11) is 0. The number of hydrogen-bond acceptors (Lipinski definition) is 4. The predicted molar refractivity (Wildman–Crippen MR) is 79.3 cm³/mol. The van der Waals surface area contributed by atoms with Crippen molar-refractivity contribution in [3.8, 4) is 0 Å². The SMILES string of the molecule is O=C(O)CC1CCN(C(=O)NCCN2CCNCC2)CC1. The molecule has 7 heteroatoms. The molecule has 21 heavy (non-hydrogen) atoms. The first-order valence-electron chi connectivity index (χ1n) is 7.83. The number of piperazine rings is 1. The maximum absolute atomic E-state index is 12.0. The van der Waals surface area contributed by atoms with Gasteiger partial charge in [-0.3, -0.25) is 9.69 Å². The van der Waals surface area contributed by atoms with Gasteiger partial charge in [-0.25, -0.2) is 4.79 Å². The molecule has 2 saturated heterocycles. The third-order valence-corrected chi connectivity index (χ3v) is 4.28. The van der Waals surface area contributed by atoms with Crippen LogP contribution < -0.4 is 10.6 Å². The Kier molecular flexibility index (Phi) is 6.25. The van der Waals surface area contributed by atoms with E-state index in [0.29, 0.717) is 19.6 Å². The van der Waals surface area contributed by atoms with E-state index in [9.17, 15) is 9.59 Å². The molecule has 0 aromatic rings. The van der Waals surface area contributed by atoms with Gasteiger partial charge in [0.1, 0.15) is 0 Å². The molecule has 0 aromatic carbocycles. The van der Waals surface area contributed by atoms with Gasteiger partial charge in [-0.15, -0.1) is 0 Å². The summed E-state index contributed by atoms with van der Waals surface area (Å²) in [5.41, 5.74) is 0. The summed E-state index contributed by atoms with van der Waals surface area (Å²) in [5.74, 6) is -0.527. The molecular weight excluding hydrogens is 272 g/mol. The molecule has 2 fully saturated rings. The fraction of sp³-hybridized carbons (Fsp3) is 0.857. The minimum absolute atomic E-state index is 0.0149. The van der Waals surface area contributed by atoms with Crippen LogP contribution >= 0.6 is 0 Å². The number of aliphatic carboxylic acids is 1. The van der Waals surface area contributed by atoms with E-state index in [1.54, 1.807) is 4.90 Å². The Bertz CT molecular complexity index is 350. The van der Waals surface area contributed by atoms with Gasteiger partial charge >= 0.3 is 12.0 Å². The molecule has 0 spiro atoms. The van der Waals surface area contributed by atoms with Gasteiger partial charge in [0.15, 0.2) is 0 Å². The quantitative estimate of drug-likeness (QED) is 0.654. The van der Waals surface area contributed by atoms with Crippen molar-refractivity contribution in [1.82, 2.24) is 20.4 Å². The van der Waals surface area contributed by atoms with Crippen LogP contribution in [0.25, 0.3) is 0 Å². The van der Waals surface area contributed by atoms with Crippen molar-refractivity contribution >= 4 is 12.0 Å². The summed E-state index contributed by atoms with van der Waals surface area (Å²) in [6, 6.07) is -0.0149. The van der Waals surface area contributed by atoms with Crippen LogP contribution in [-0.4, -0.2) is 79.3 Å². The van der Waals surface area contributed by atoms with Gasteiger partial charge in [-0.2, -0.15) is 0 Å². The monoisotopic (exact) mass is 298 g/mol. The van der Waals surface area contributed by atoms with Crippen LogP contribution in [0.3, 0.4) is 0 Å². The maximum atomic E-state index is 12.0. The molecule has 2 amide bonds. The zero-order chi connectivity index (χ0) is 15.1. The Hall–Kier alpha value is -1.34. The van der Waals surface area contributed by atoms with E-state index in [4.69, 9.17) is 5.11 Å². The number of hydrogen-bond donors (Lipinski definition) is 3. The van der Waals surface area contributed by atoms with E-state index in [0.717, 1.165) is 45.6 Å². The maximum Gasteiger partial charge on any atom is 0.317 e. The first kappa shape index (κ1) is 16.0. The number of carbonyl (C=O) groups excluding carboxylic acids is 1. The second kappa shape index (κ2) is 8.19. The highest BCUT2D eigenvalue weighted by molar-refractivity contribution is 5.74. The molecule has 2 aliphatic rings. The Morgan fingerprint density at radius 3 is 2.43 bits per heavy atom. The smallest absolute Gasteiger partial charge is 0.317 e. The highest BCUT2D eigenvalue weighted by Gasteiger charge is 2.24. The van der Waals surface area contributed by atoms with Crippen LogP contribution in [0.15, 0.2) is 0 Å². The molecule has 2 aliphatic heterocycles. The summed E-state index contributed by atoms with van der Waals surface area (Å²) < 4.78 is 0. The van der Waals surface area contributed by atoms with Gasteiger partial charge in [0, 0.05) is 58.8 Å². The molecule has 0 atom stereocenters. The van der Waals surface area contributed by atoms with E-state index in [1.807, 2.05) is 0 Å². The lowest BCUT2D eigenvalue weighted by Gasteiger charge is -2.32. The lowest BCUT2D eigenvalue weighted by atomic mass is 9.94. The van der Waals surface area contributed by atoms with E-state index >= 15 is 0 Å². The topological polar surface area (TPSA) is 84.9 Å². The van der Waals surface area contributed by atoms with Crippen LogP contribution in [0, 0.1) is 5.92 Å². The first-order chi connectivity index (χ1) is 10.1. The fourth-order valence-corrected chi connectivity index (χ4v) is 2.95. The molecule has 2 rings (SSSR count). The molecule has 0 radical (unpaired) electrons. The molecule has 0 unspecified atom stereocenters. The molecule has 0 bridgehead atoms. The highest BCUT2D eigenvalue weighted by Crippen LogP contribution is 2.20. The van der Waals surface area contributed by atoms with Gasteiger partial charge in [0.25, 0.3) is 0 Å². The zero-order valence-electron chi connectivity index (χ0n) is 12.5. The van der Waals surface area contributed by atoms with Gasteiger partial charge in [-0.1, -0.05) is 0 Å². The number of carbonyl (C=O) groups is 2. The van der Waals surface area contributed by atoms with E-state index in [-0.39, 0.29) is 18.4 Å². The second-order valence-electron chi connectivity index (χ2n) is 5.85. The molecule has 0 aliphatic carbocycles. The molecule has 120 valence electrons. The van der Waals surface area contributed by atoms with Crippen molar-refractivity contribution in [2.45, 2.75) is 19.3 Å². The average molecular weight is 298 g/mol. The molecule has 3 N–H and O–H groups in total. The number of rotatable bonds is 5. The summed E-state index contributed by atoms with van der Waals surface area (Å²) in [6.07, 6.45) is 1.80. The number of likely N-dealkylation sites (tertiary alicyclic amines) is 1. The molecule has 2 heterocycles. The summed E-state index contributed by atoms with van der Waals surface area (Å²) in [5, 5.41) is 15.0. The fourth-order valence-electron chi connectivity index (χ4n) is 2.95.